The number of rotatable bonds is 4. The van der Waals surface area contributed by atoms with E-state index in [-0.39, 0.29) is 5.92 Å². The molecule has 2 rings (SSSR count). The Labute approximate surface area is 103 Å². The summed E-state index contributed by atoms with van der Waals surface area (Å²) < 4.78 is 0. The maximum absolute atomic E-state index is 11.1. The van der Waals surface area contributed by atoms with Crippen LogP contribution in [0.4, 0.5) is 0 Å². The molecule has 0 saturated heterocycles. The van der Waals surface area contributed by atoms with E-state index in [9.17, 15) is 4.79 Å². The van der Waals surface area contributed by atoms with Gasteiger partial charge in [0.1, 0.15) is 4.88 Å². The predicted octanol–water partition coefficient (Wildman–Crippen LogP) is 2.88. The van der Waals surface area contributed by atoms with E-state index in [0.717, 1.165) is 10.6 Å². The number of aromatic nitrogens is 2. The molecule has 2 heterocycles. The van der Waals surface area contributed by atoms with Crippen molar-refractivity contribution in [2.75, 3.05) is 0 Å². The van der Waals surface area contributed by atoms with Crippen molar-refractivity contribution >= 4 is 17.3 Å². The topological polar surface area (TPSA) is 66.0 Å². The Hall–Kier alpha value is -1.62. The molecule has 0 fully saturated rings. The molecule has 2 aromatic rings. The van der Waals surface area contributed by atoms with Gasteiger partial charge < -0.3 is 10.1 Å². The van der Waals surface area contributed by atoms with Crippen LogP contribution in [0, 0.1) is 0 Å². The van der Waals surface area contributed by atoms with Crippen molar-refractivity contribution in [3.05, 3.63) is 39.6 Å². The third-order valence-electron chi connectivity index (χ3n) is 2.46. The first-order valence-electron chi connectivity index (χ1n) is 5.42. The highest BCUT2D eigenvalue weighted by Gasteiger charge is 2.19. The summed E-state index contributed by atoms with van der Waals surface area (Å²) in [6, 6.07) is 1.97. The predicted molar refractivity (Wildman–Crippen MR) is 66.8 cm³/mol. The van der Waals surface area contributed by atoms with Crippen molar-refractivity contribution in [3.8, 4) is 0 Å². The summed E-state index contributed by atoms with van der Waals surface area (Å²) in [4.78, 5) is 18.9. The Morgan fingerprint density at radius 1 is 1.59 bits per heavy atom. The summed E-state index contributed by atoms with van der Waals surface area (Å²) in [6.45, 7) is 3.92. The molecular weight excluding hydrogens is 236 g/mol. The lowest BCUT2D eigenvalue weighted by molar-refractivity contribution is 0.0700. The molecule has 0 aromatic carbocycles. The van der Waals surface area contributed by atoms with Crippen LogP contribution in [0.1, 0.15) is 45.7 Å². The number of nitrogens with zero attached hydrogens (tertiary/aromatic N) is 1. The van der Waals surface area contributed by atoms with Crippen LogP contribution < -0.4 is 0 Å². The van der Waals surface area contributed by atoms with Crippen molar-refractivity contribution in [2.24, 2.45) is 0 Å². The number of aromatic amines is 1. The van der Waals surface area contributed by atoms with Gasteiger partial charge in [-0.1, -0.05) is 13.8 Å². The minimum Gasteiger partial charge on any atom is -0.477 e. The van der Waals surface area contributed by atoms with E-state index in [2.05, 4.69) is 9.97 Å². The quantitative estimate of drug-likeness (QED) is 0.876. The molecule has 5 heteroatoms. The van der Waals surface area contributed by atoms with E-state index < -0.39 is 5.97 Å². The molecule has 0 aliphatic carbocycles. The molecule has 0 aliphatic rings. The number of aromatic carboxylic acids is 1. The minimum atomic E-state index is -0.883. The third-order valence-corrected chi connectivity index (χ3v) is 3.52. The number of hydrogen-bond acceptors (Lipinski definition) is 3. The van der Waals surface area contributed by atoms with Crippen LogP contribution in [-0.4, -0.2) is 21.0 Å². The molecule has 0 aliphatic heterocycles. The molecule has 0 unspecified atom stereocenters. The summed E-state index contributed by atoms with van der Waals surface area (Å²) in [5.41, 5.74) is 1.80. The summed E-state index contributed by atoms with van der Waals surface area (Å²) >= 11 is 1.27. The lowest BCUT2D eigenvalue weighted by Crippen LogP contribution is -2.00. The molecule has 0 spiro atoms. The maximum Gasteiger partial charge on any atom is 0.347 e. The second kappa shape index (κ2) is 4.71. The largest absolute Gasteiger partial charge is 0.477 e. The SMILES string of the molecule is CC(C)c1nc(Cc2cc[nH]c2)sc1C(=O)O. The summed E-state index contributed by atoms with van der Waals surface area (Å²) in [5, 5.41) is 9.97. The zero-order valence-corrected chi connectivity index (χ0v) is 10.5. The first-order valence-corrected chi connectivity index (χ1v) is 6.24. The number of nitrogens with one attached hydrogen (secondary N) is 1. The number of H-pyrrole nitrogens is 1. The van der Waals surface area contributed by atoms with E-state index in [1.165, 1.54) is 11.3 Å². The van der Waals surface area contributed by atoms with Gasteiger partial charge in [0.2, 0.25) is 0 Å². The van der Waals surface area contributed by atoms with Gasteiger partial charge in [0.05, 0.1) is 10.7 Å². The number of hydrogen-bond donors (Lipinski definition) is 2. The highest BCUT2D eigenvalue weighted by atomic mass is 32.1. The van der Waals surface area contributed by atoms with Crippen LogP contribution in [0.15, 0.2) is 18.5 Å². The normalized spacial score (nSPS) is 11.0. The first-order chi connectivity index (χ1) is 8.08. The van der Waals surface area contributed by atoms with Crippen LogP contribution >= 0.6 is 11.3 Å². The average molecular weight is 250 g/mol. The fourth-order valence-electron chi connectivity index (χ4n) is 1.64. The maximum atomic E-state index is 11.1. The molecule has 4 nitrogen and oxygen atoms in total. The Kier molecular flexibility index (Phi) is 3.28. The fraction of sp³-hybridized carbons (Fsp3) is 0.333. The van der Waals surface area contributed by atoms with Gasteiger partial charge in [-0.15, -0.1) is 11.3 Å². The highest BCUT2D eigenvalue weighted by Crippen LogP contribution is 2.26. The van der Waals surface area contributed by atoms with Crippen LogP contribution in [0.5, 0.6) is 0 Å². The van der Waals surface area contributed by atoms with E-state index in [0.29, 0.717) is 17.0 Å². The van der Waals surface area contributed by atoms with Gasteiger partial charge in [-0.25, -0.2) is 9.78 Å². The van der Waals surface area contributed by atoms with Crippen molar-refractivity contribution in [1.82, 2.24) is 9.97 Å². The summed E-state index contributed by atoms with van der Waals surface area (Å²) in [6.07, 6.45) is 4.43. The number of thiazole rings is 1. The number of carboxylic acids is 1. The molecule has 0 saturated carbocycles. The molecule has 90 valence electrons. The zero-order valence-electron chi connectivity index (χ0n) is 9.73. The van der Waals surface area contributed by atoms with E-state index in [1.807, 2.05) is 32.3 Å². The van der Waals surface area contributed by atoms with Gasteiger partial charge >= 0.3 is 5.97 Å². The second-order valence-electron chi connectivity index (χ2n) is 4.18. The lowest BCUT2D eigenvalue weighted by Gasteiger charge is -2.00. The third kappa shape index (κ3) is 2.55. The standard InChI is InChI=1S/C12H14N2O2S/c1-7(2)10-11(12(15)16)17-9(14-10)5-8-3-4-13-6-8/h3-4,6-7,13H,5H2,1-2H3,(H,15,16). The van der Waals surface area contributed by atoms with Crippen LogP contribution in [-0.2, 0) is 6.42 Å². The molecule has 2 aromatic heterocycles. The number of carboxylic acid groups (broad SMARTS) is 1. The van der Waals surface area contributed by atoms with Gasteiger partial charge in [-0.05, 0) is 17.5 Å². The van der Waals surface area contributed by atoms with Gasteiger partial charge in [-0.3, -0.25) is 0 Å². The summed E-state index contributed by atoms with van der Waals surface area (Å²) in [7, 11) is 0. The monoisotopic (exact) mass is 250 g/mol. The molecule has 0 amide bonds. The lowest BCUT2D eigenvalue weighted by atomic mass is 10.1. The second-order valence-corrected chi connectivity index (χ2v) is 5.26. The summed E-state index contributed by atoms with van der Waals surface area (Å²) in [5.74, 6) is -0.746. The van der Waals surface area contributed by atoms with Gasteiger partial charge in [0, 0.05) is 18.8 Å². The molecule has 0 radical (unpaired) electrons. The van der Waals surface area contributed by atoms with Crippen molar-refractivity contribution in [2.45, 2.75) is 26.2 Å². The van der Waals surface area contributed by atoms with Crippen LogP contribution in [0.25, 0.3) is 0 Å². The van der Waals surface area contributed by atoms with Gasteiger partial charge in [0.15, 0.2) is 0 Å². The fourth-order valence-corrected chi connectivity index (χ4v) is 2.73. The highest BCUT2D eigenvalue weighted by molar-refractivity contribution is 7.13. The van der Waals surface area contributed by atoms with Crippen LogP contribution in [0.3, 0.4) is 0 Å². The minimum absolute atomic E-state index is 0.136. The van der Waals surface area contributed by atoms with Crippen LogP contribution in [0.2, 0.25) is 0 Å². The van der Waals surface area contributed by atoms with Crippen molar-refractivity contribution in [1.29, 1.82) is 0 Å². The van der Waals surface area contributed by atoms with Gasteiger partial charge in [-0.2, -0.15) is 0 Å². The Morgan fingerprint density at radius 3 is 2.82 bits per heavy atom. The molecular formula is C12H14N2O2S. The Balaban J connectivity index is 2.30. The molecule has 0 atom stereocenters. The molecule has 0 bridgehead atoms. The number of carbonyl (C=O) groups is 1. The first kappa shape index (κ1) is 11.9. The Bertz CT molecular complexity index is 515. The van der Waals surface area contributed by atoms with Crippen molar-refractivity contribution < 1.29 is 9.90 Å². The Morgan fingerprint density at radius 2 is 2.35 bits per heavy atom. The average Bonchev–Trinajstić information content (AvgIpc) is 2.86. The van der Waals surface area contributed by atoms with E-state index in [4.69, 9.17) is 5.11 Å². The molecule has 2 N–H and O–H groups in total. The van der Waals surface area contributed by atoms with Gasteiger partial charge in [0.25, 0.3) is 0 Å². The van der Waals surface area contributed by atoms with E-state index in [1.54, 1.807) is 0 Å². The zero-order chi connectivity index (χ0) is 12.4. The molecule has 17 heavy (non-hydrogen) atoms. The van der Waals surface area contributed by atoms with Crippen molar-refractivity contribution in [3.63, 3.8) is 0 Å². The van der Waals surface area contributed by atoms with E-state index >= 15 is 0 Å². The smallest absolute Gasteiger partial charge is 0.347 e.